The normalized spacial score (nSPS) is 19.5. The topological polar surface area (TPSA) is 12.0 Å². The van der Waals surface area contributed by atoms with Crippen molar-refractivity contribution in [3.63, 3.8) is 0 Å². The van der Waals surface area contributed by atoms with Gasteiger partial charge >= 0.3 is 0 Å². The van der Waals surface area contributed by atoms with E-state index in [9.17, 15) is 0 Å². The van der Waals surface area contributed by atoms with Crippen molar-refractivity contribution in [2.45, 2.75) is 38.6 Å². The van der Waals surface area contributed by atoms with E-state index in [4.69, 9.17) is 0 Å². The molecule has 72 valence electrons. The highest BCUT2D eigenvalue weighted by molar-refractivity contribution is 7.99. The Morgan fingerprint density at radius 3 is 2.75 bits per heavy atom. The van der Waals surface area contributed by atoms with Gasteiger partial charge in [-0.15, -0.1) is 0 Å². The Hall–Kier alpha value is 0.310. The summed E-state index contributed by atoms with van der Waals surface area (Å²) in [7, 11) is 2.10. The first-order chi connectivity index (χ1) is 5.88. The molecular formula is C10H21NS. The summed E-state index contributed by atoms with van der Waals surface area (Å²) >= 11 is 2.12. The zero-order chi connectivity index (χ0) is 8.81. The largest absolute Gasteiger partial charge is 0.316 e. The highest BCUT2D eigenvalue weighted by Gasteiger charge is 2.29. The first kappa shape index (κ1) is 10.4. The molecule has 0 aromatic rings. The van der Waals surface area contributed by atoms with Crippen LogP contribution in [0.2, 0.25) is 0 Å². The number of thioether (sulfide) groups is 1. The number of nitrogens with one attached hydrogen (secondary N) is 1. The Balaban J connectivity index is 1.95. The first-order valence-corrected chi connectivity index (χ1v) is 6.29. The van der Waals surface area contributed by atoms with Crippen molar-refractivity contribution in [3.05, 3.63) is 0 Å². The van der Waals surface area contributed by atoms with Crippen LogP contribution in [0.15, 0.2) is 0 Å². The van der Waals surface area contributed by atoms with Gasteiger partial charge in [-0.1, -0.05) is 13.3 Å². The highest BCUT2D eigenvalue weighted by atomic mass is 32.2. The van der Waals surface area contributed by atoms with E-state index in [2.05, 4.69) is 31.1 Å². The molecule has 1 nitrogen and oxygen atoms in total. The van der Waals surface area contributed by atoms with Gasteiger partial charge < -0.3 is 5.32 Å². The summed E-state index contributed by atoms with van der Waals surface area (Å²) in [5, 5.41) is 3.42. The summed E-state index contributed by atoms with van der Waals surface area (Å²) in [4.78, 5) is 0. The maximum absolute atomic E-state index is 3.42. The fraction of sp³-hybridized carbons (Fsp3) is 1.00. The second-order valence-electron chi connectivity index (χ2n) is 3.66. The number of unbranched alkanes of at least 4 members (excludes halogenated alkanes) is 1. The molecule has 0 radical (unpaired) electrons. The smallest absolute Gasteiger partial charge is 0.0183 e. The molecule has 0 aromatic heterocycles. The summed E-state index contributed by atoms with van der Waals surface area (Å²) in [5.41, 5.74) is 0. The van der Waals surface area contributed by atoms with Gasteiger partial charge in [-0.3, -0.25) is 0 Å². The Kier molecular flexibility index (Phi) is 5.08. The molecule has 0 aromatic carbocycles. The van der Waals surface area contributed by atoms with Gasteiger partial charge in [0.25, 0.3) is 0 Å². The molecule has 0 spiro atoms. The lowest BCUT2D eigenvalue weighted by Crippen LogP contribution is -2.29. The number of hydrogen-bond donors (Lipinski definition) is 1. The summed E-state index contributed by atoms with van der Waals surface area (Å²) < 4.78 is 0. The van der Waals surface area contributed by atoms with Crippen LogP contribution >= 0.6 is 11.8 Å². The molecule has 0 bridgehead atoms. The molecule has 0 aliphatic heterocycles. The Labute approximate surface area is 80.7 Å². The maximum atomic E-state index is 3.42. The molecule has 0 saturated heterocycles. The van der Waals surface area contributed by atoms with Gasteiger partial charge in [0.15, 0.2) is 0 Å². The second kappa shape index (κ2) is 5.87. The van der Waals surface area contributed by atoms with Gasteiger partial charge in [-0.2, -0.15) is 11.8 Å². The van der Waals surface area contributed by atoms with E-state index in [0.29, 0.717) is 0 Å². The van der Waals surface area contributed by atoms with E-state index in [1.165, 1.54) is 37.2 Å². The van der Waals surface area contributed by atoms with Crippen LogP contribution in [0, 0.1) is 5.92 Å². The molecule has 1 aliphatic rings. The zero-order valence-corrected chi connectivity index (χ0v) is 9.12. The maximum Gasteiger partial charge on any atom is 0.0183 e. The quantitative estimate of drug-likeness (QED) is 0.615. The molecule has 1 atom stereocenters. The monoisotopic (exact) mass is 187 g/mol. The van der Waals surface area contributed by atoms with Crippen molar-refractivity contribution < 1.29 is 0 Å². The van der Waals surface area contributed by atoms with Crippen LogP contribution in [0.5, 0.6) is 0 Å². The molecule has 12 heavy (non-hydrogen) atoms. The van der Waals surface area contributed by atoms with E-state index < -0.39 is 0 Å². The SMILES string of the molecule is CCCCSCC(NC)C1CC1. The molecule has 1 N–H and O–H groups in total. The zero-order valence-electron chi connectivity index (χ0n) is 8.31. The van der Waals surface area contributed by atoms with Gasteiger partial charge in [0.05, 0.1) is 0 Å². The lowest BCUT2D eigenvalue weighted by Gasteiger charge is -2.14. The van der Waals surface area contributed by atoms with Crippen molar-refractivity contribution >= 4 is 11.8 Å². The van der Waals surface area contributed by atoms with Crippen molar-refractivity contribution in [2.75, 3.05) is 18.6 Å². The van der Waals surface area contributed by atoms with Crippen molar-refractivity contribution in [1.82, 2.24) is 5.32 Å². The van der Waals surface area contributed by atoms with E-state index in [0.717, 1.165) is 12.0 Å². The lowest BCUT2D eigenvalue weighted by atomic mass is 10.2. The minimum Gasteiger partial charge on any atom is -0.316 e. The van der Waals surface area contributed by atoms with Crippen LogP contribution in [0.4, 0.5) is 0 Å². The molecule has 0 heterocycles. The Bertz CT molecular complexity index is 112. The highest BCUT2D eigenvalue weighted by Crippen LogP contribution is 2.33. The molecule has 1 unspecified atom stereocenters. The van der Waals surface area contributed by atoms with Crippen molar-refractivity contribution in [2.24, 2.45) is 5.92 Å². The van der Waals surface area contributed by atoms with Crippen LogP contribution in [0.1, 0.15) is 32.6 Å². The molecule has 2 heteroatoms. The summed E-state index contributed by atoms with van der Waals surface area (Å²) in [6.45, 7) is 2.26. The van der Waals surface area contributed by atoms with Crippen LogP contribution < -0.4 is 5.32 Å². The molecule has 0 amide bonds. The third kappa shape index (κ3) is 3.81. The van der Waals surface area contributed by atoms with E-state index in [1.807, 2.05) is 0 Å². The van der Waals surface area contributed by atoms with Crippen LogP contribution in [-0.4, -0.2) is 24.6 Å². The summed E-state index contributed by atoms with van der Waals surface area (Å²) in [5.74, 6) is 3.67. The first-order valence-electron chi connectivity index (χ1n) is 5.13. The molecule has 1 aliphatic carbocycles. The lowest BCUT2D eigenvalue weighted by molar-refractivity contribution is 0.553. The average Bonchev–Trinajstić information content (AvgIpc) is 2.88. The van der Waals surface area contributed by atoms with Crippen LogP contribution in [0.3, 0.4) is 0 Å². The molecule has 1 fully saturated rings. The molecule has 1 saturated carbocycles. The minimum absolute atomic E-state index is 0.798. The third-order valence-corrected chi connectivity index (χ3v) is 3.67. The summed E-state index contributed by atoms with van der Waals surface area (Å²) in [6, 6.07) is 0.798. The second-order valence-corrected chi connectivity index (χ2v) is 4.81. The third-order valence-electron chi connectivity index (χ3n) is 2.50. The summed E-state index contributed by atoms with van der Waals surface area (Å²) in [6.07, 6.45) is 5.63. The van der Waals surface area contributed by atoms with Gasteiger partial charge in [0.2, 0.25) is 0 Å². The predicted octanol–water partition coefficient (Wildman–Crippen LogP) is 2.52. The Morgan fingerprint density at radius 2 is 2.25 bits per heavy atom. The number of hydrogen-bond acceptors (Lipinski definition) is 2. The Morgan fingerprint density at radius 1 is 1.50 bits per heavy atom. The number of rotatable bonds is 7. The van der Waals surface area contributed by atoms with Gasteiger partial charge in [0, 0.05) is 11.8 Å². The van der Waals surface area contributed by atoms with Gasteiger partial charge in [-0.05, 0) is 38.0 Å². The molecular weight excluding hydrogens is 166 g/mol. The standard InChI is InChI=1S/C10H21NS/c1-3-4-7-12-8-10(11-2)9-5-6-9/h9-11H,3-8H2,1-2H3. The van der Waals surface area contributed by atoms with Crippen LogP contribution in [0.25, 0.3) is 0 Å². The van der Waals surface area contributed by atoms with E-state index in [-0.39, 0.29) is 0 Å². The van der Waals surface area contributed by atoms with Gasteiger partial charge in [0.1, 0.15) is 0 Å². The predicted molar refractivity (Wildman–Crippen MR) is 57.8 cm³/mol. The van der Waals surface area contributed by atoms with E-state index >= 15 is 0 Å². The van der Waals surface area contributed by atoms with E-state index in [1.54, 1.807) is 0 Å². The fourth-order valence-corrected chi connectivity index (χ4v) is 2.76. The average molecular weight is 187 g/mol. The minimum atomic E-state index is 0.798. The van der Waals surface area contributed by atoms with Crippen molar-refractivity contribution in [1.29, 1.82) is 0 Å². The molecule has 1 rings (SSSR count). The van der Waals surface area contributed by atoms with Crippen LogP contribution in [-0.2, 0) is 0 Å². The van der Waals surface area contributed by atoms with Crippen molar-refractivity contribution in [3.8, 4) is 0 Å². The fourth-order valence-electron chi connectivity index (χ4n) is 1.41. The van der Waals surface area contributed by atoms with Gasteiger partial charge in [-0.25, -0.2) is 0 Å².